The van der Waals surface area contributed by atoms with E-state index in [4.69, 9.17) is 0 Å². The van der Waals surface area contributed by atoms with Gasteiger partial charge in [-0.05, 0) is 30.9 Å². The van der Waals surface area contributed by atoms with E-state index in [9.17, 15) is 4.79 Å². The quantitative estimate of drug-likeness (QED) is 0.569. The molecule has 0 aromatic carbocycles. The number of carbonyl (C=O) groups excluding carboxylic acids is 1. The van der Waals surface area contributed by atoms with Crippen LogP contribution in [0.2, 0.25) is 0 Å². The predicted molar refractivity (Wildman–Crippen MR) is 78.1 cm³/mol. The third-order valence-corrected chi connectivity index (χ3v) is 4.70. The molecule has 1 aliphatic rings. The summed E-state index contributed by atoms with van der Waals surface area (Å²) in [4.78, 5) is 15.0. The fourth-order valence-electron chi connectivity index (χ4n) is 2.24. The van der Waals surface area contributed by atoms with E-state index in [1.54, 1.807) is 16.4 Å². The molecule has 0 saturated heterocycles. The average molecular weight is 281 g/mol. The second-order valence-corrected chi connectivity index (χ2v) is 6.54. The molecule has 4 nitrogen and oxygen atoms in total. The number of hydrogen-bond acceptors (Lipinski definition) is 3. The third-order valence-electron chi connectivity index (χ3n) is 3.67. The number of aromatic nitrogens is 2. The first-order valence-corrected chi connectivity index (χ1v) is 7.99. The largest absolute Gasteiger partial charge is 0.345 e. The van der Waals surface area contributed by atoms with Crippen molar-refractivity contribution in [1.82, 2.24) is 14.7 Å². The van der Waals surface area contributed by atoms with Gasteiger partial charge in [0.05, 0.1) is 6.20 Å². The number of aryl methyl sites for hydroxylation is 1. The van der Waals surface area contributed by atoms with E-state index in [1.807, 2.05) is 31.4 Å². The molecule has 106 valence electrons. The van der Waals surface area contributed by atoms with Crippen LogP contribution in [0.1, 0.15) is 32.1 Å². The first-order chi connectivity index (χ1) is 9.15. The SMILES string of the molecule is CN(CC1CCC1)C(=O)CCCSc1cnn(C)c1. The molecule has 0 aliphatic heterocycles. The number of nitrogens with zero attached hydrogens (tertiary/aromatic N) is 3. The van der Waals surface area contributed by atoms with Crippen LogP contribution < -0.4 is 0 Å². The van der Waals surface area contributed by atoms with Crippen molar-refractivity contribution in [3.8, 4) is 0 Å². The normalized spacial score (nSPS) is 15.3. The van der Waals surface area contributed by atoms with Crippen LogP contribution in [0.25, 0.3) is 0 Å². The van der Waals surface area contributed by atoms with Crippen LogP contribution >= 0.6 is 11.8 Å². The number of hydrogen-bond donors (Lipinski definition) is 0. The smallest absolute Gasteiger partial charge is 0.222 e. The van der Waals surface area contributed by atoms with Crippen LogP contribution in [0.4, 0.5) is 0 Å². The predicted octanol–water partition coefficient (Wildman–Crippen LogP) is 2.55. The van der Waals surface area contributed by atoms with Gasteiger partial charge in [-0.3, -0.25) is 9.48 Å². The molecule has 0 radical (unpaired) electrons. The fraction of sp³-hybridized carbons (Fsp3) is 0.714. The Morgan fingerprint density at radius 3 is 2.95 bits per heavy atom. The summed E-state index contributed by atoms with van der Waals surface area (Å²) in [6, 6.07) is 0. The van der Waals surface area contributed by atoms with Gasteiger partial charge in [0, 0.05) is 38.2 Å². The molecule has 1 saturated carbocycles. The molecule has 5 heteroatoms. The van der Waals surface area contributed by atoms with Gasteiger partial charge in [-0.25, -0.2) is 0 Å². The van der Waals surface area contributed by atoms with Crippen molar-refractivity contribution in [2.24, 2.45) is 13.0 Å². The van der Waals surface area contributed by atoms with Gasteiger partial charge >= 0.3 is 0 Å². The number of rotatable bonds is 7. The van der Waals surface area contributed by atoms with Crippen LogP contribution in [0.3, 0.4) is 0 Å². The lowest BCUT2D eigenvalue weighted by molar-refractivity contribution is -0.130. The first-order valence-electron chi connectivity index (χ1n) is 7.00. The summed E-state index contributed by atoms with van der Waals surface area (Å²) in [5.74, 6) is 2.03. The van der Waals surface area contributed by atoms with Crippen LogP contribution in [-0.2, 0) is 11.8 Å². The minimum atomic E-state index is 0.290. The lowest BCUT2D eigenvalue weighted by atomic mass is 9.85. The molecular weight excluding hydrogens is 258 g/mol. The maximum atomic E-state index is 11.9. The van der Waals surface area contributed by atoms with Gasteiger partial charge in [-0.2, -0.15) is 5.10 Å². The Morgan fingerprint density at radius 1 is 1.58 bits per heavy atom. The Balaban J connectivity index is 1.57. The molecule has 1 fully saturated rings. The monoisotopic (exact) mass is 281 g/mol. The van der Waals surface area contributed by atoms with E-state index in [0.29, 0.717) is 12.3 Å². The summed E-state index contributed by atoms with van der Waals surface area (Å²) >= 11 is 1.77. The highest BCUT2D eigenvalue weighted by Crippen LogP contribution is 2.27. The van der Waals surface area contributed by atoms with Crippen molar-refractivity contribution in [3.05, 3.63) is 12.4 Å². The second kappa shape index (κ2) is 6.98. The highest BCUT2D eigenvalue weighted by Gasteiger charge is 2.20. The van der Waals surface area contributed by atoms with Crippen LogP contribution in [0, 0.1) is 5.92 Å². The molecule has 2 rings (SSSR count). The van der Waals surface area contributed by atoms with Crippen LogP contribution in [0.15, 0.2) is 17.3 Å². The summed E-state index contributed by atoms with van der Waals surface area (Å²) in [7, 11) is 3.86. The van der Waals surface area contributed by atoms with Gasteiger partial charge < -0.3 is 4.90 Å². The Hall–Kier alpha value is -0.970. The Morgan fingerprint density at radius 2 is 2.37 bits per heavy atom. The number of thioether (sulfide) groups is 1. The van der Waals surface area contributed by atoms with E-state index >= 15 is 0 Å². The second-order valence-electron chi connectivity index (χ2n) is 5.37. The van der Waals surface area contributed by atoms with Crippen LogP contribution in [-0.4, -0.2) is 39.9 Å². The van der Waals surface area contributed by atoms with E-state index in [-0.39, 0.29) is 0 Å². The molecule has 0 spiro atoms. The van der Waals surface area contributed by atoms with Crippen molar-refractivity contribution in [2.75, 3.05) is 19.3 Å². The van der Waals surface area contributed by atoms with Gasteiger partial charge in [0.2, 0.25) is 5.91 Å². The van der Waals surface area contributed by atoms with Gasteiger partial charge in [-0.15, -0.1) is 11.8 Å². The van der Waals surface area contributed by atoms with Gasteiger partial charge in [0.25, 0.3) is 0 Å². The summed E-state index contributed by atoms with van der Waals surface area (Å²) in [6.07, 6.45) is 9.42. The zero-order valence-corrected chi connectivity index (χ0v) is 12.7. The Kier molecular flexibility index (Phi) is 5.31. The highest BCUT2D eigenvalue weighted by molar-refractivity contribution is 7.99. The summed E-state index contributed by atoms with van der Waals surface area (Å²) < 4.78 is 1.81. The van der Waals surface area contributed by atoms with Crippen molar-refractivity contribution in [1.29, 1.82) is 0 Å². The van der Waals surface area contributed by atoms with Gasteiger partial charge in [-0.1, -0.05) is 6.42 Å². The summed E-state index contributed by atoms with van der Waals surface area (Å²) in [5.41, 5.74) is 0. The molecule has 1 aromatic heterocycles. The van der Waals surface area contributed by atoms with E-state index < -0.39 is 0 Å². The molecule has 0 N–H and O–H groups in total. The van der Waals surface area contributed by atoms with E-state index in [1.165, 1.54) is 24.2 Å². The van der Waals surface area contributed by atoms with Crippen molar-refractivity contribution >= 4 is 17.7 Å². The summed E-state index contributed by atoms with van der Waals surface area (Å²) in [6.45, 7) is 0.953. The number of carbonyl (C=O) groups is 1. The minimum absolute atomic E-state index is 0.290. The van der Waals surface area contributed by atoms with E-state index in [2.05, 4.69) is 5.10 Å². The van der Waals surface area contributed by atoms with Crippen molar-refractivity contribution in [2.45, 2.75) is 37.0 Å². The van der Waals surface area contributed by atoms with Gasteiger partial charge in [0.1, 0.15) is 0 Å². The zero-order chi connectivity index (χ0) is 13.7. The maximum Gasteiger partial charge on any atom is 0.222 e. The molecule has 0 unspecified atom stereocenters. The van der Waals surface area contributed by atoms with Crippen molar-refractivity contribution < 1.29 is 4.79 Å². The van der Waals surface area contributed by atoms with Crippen molar-refractivity contribution in [3.63, 3.8) is 0 Å². The molecule has 0 bridgehead atoms. The molecule has 19 heavy (non-hydrogen) atoms. The third kappa shape index (κ3) is 4.56. The molecule has 0 atom stereocenters. The number of amides is 1. The highest BCUT2D eigenvalue weighted by atomic mass is 32.2. The maximum absolute atomic E-state index is 11.9. The molecule has 1 amide bonds. The van der Waals surface area contributed by atoms with Crippen LogP contribution in [0.5, 0.6) is 0 Å². The van der Waals surface area contributed by atoms with E-state index in [0.717, 1.165) is 24.6 Å². The summed E-state index contributed by atoms with van der Waals surface area (Å²) in [5, 5.41) is 4.13. The van der Waals surface area contributed by atoms with Gasteiger partial charge in [0.15, 0.2) is 0 Å². The lowest BCUT2D eigenvalue weighted by Gasteiger charge is -2.30. The molecular formula is C14H23N3OS. The standard InChI is InChI=1S/C14H23N3OS/c1-16(10-12-5-3-6-12)14(18)7-4-8-19-13-9-15-17(2)11-13/h9,11-12H,3-8,10H2,1-2H3. The molecule has 1 aliphatic carbocycles. The zero-order valence-electron chi connectivity index (χ0n) is 11.8. The molecule has 1 heterocycles. The molecule has 1 aromatic rings. The topological polar surface area (TPSA) is 38.1 Å². The first kappa shape index (κ1) is 14.4. The minimum Gasteiger partial charge on any atom is -0.345 e. The average Bonchev–Trinajstić information content (AvgIpc) is 2.74. The fourth-order valence-corrected chi connectivity index (χ4v) is 3.12. The Labute approximate surface area is 119 Å². The lowest BCUT2D eigenvalue weighted by Crippen LogP contribution is -2.34. The Bertz CT molecular complexity index is 415.